The van der Waals surface area contributed by atoms with Gasteiger partial charge in [-0.15, -0.1) is 0 Å². The summed E-state index contributed by atoms with van der Waals surface area (Å²) < 4.78 is 44.9. The highest BCUT2D eigenvalue weighted by Crippen LogP contribution is 2.26. The lowest BCUT2D eigenvalue weighted by Crippen LogP contribution is -2.25. The number of anilines is 2. The molecule has 1 saturated heterocycles. The van der Waals surface area contributed by atoms with E-state index in [0.717, 1.165) is 0 Å². The number of benzene rings is 2. The molecule has 6 nitrogen and oxygen atoms in total. The van der Waals surface area contributed by atoms with E-state index in [0.29, 0.717) is 35.5 Å². The maximum absolute atomic E-state index is 14.3. The topological polar surface area (TPSA) is 79.6 Å². The van der Waals surface area contributed by atoms with Crippen LogP contribution in [0.25, 0.3) is 11.3 Å². The summed E-state index contributed by atoms with van der Waals surface area (Å²) in [5, 5.41) is 2.53. The van der Waals surface area contributed by atoms with Crippen LogP contribution in [-0.4, -0.2) is 26.6 Å². The van der Waals surface area contributed by atoms with Crippen molar-refractivity contribution in [3.05, 3.63) is 72.2 Å². The minimum atomic E-state index is -3.27. The molecule has 0 aliphatic carbocycles. The number of furan rings is 1. The molecule has 0 radical (unpaired) electrons. The molecule has 8 heteroatoms. The first-order valence-electron chi connectivity index (χ1n) is 8.69. The smallest absolute Gasteiger partial charge is 0.255 e. The van der Waals surface area contributed by atoms with Crippen LogP contribution in [0.15, 0.2) is 65.3 Å². The van der Waals surface area contributed by atoms with Crippen LogP contribution in [0, 0.1) is 5.82 Å². The van der Waals surface area contributed by atoms with Gasteiger partial charge in [0.1, 0.15) is 11.6 Å². The molecule has 0 bridgehead atoms. The van der Waals surface area contributed by atoms with Crippen molar-refractivity contribution in [1.82, 2.24) is 0 Å². The fraction of sp³-hybridized carbons (Fsp3) is 0.150. The van der Waals surface area contributed by atoms with E-state index in [-0.39, 0.29) is 11.4 Å². The van der Waals surface area contributed by atoms with Crippen LogP contribution in [-0.2, 0) is 10.0 Å². The number of carbonyl (C=O) groups excluding carboxylic acids is 1. The van der Waals surface area contributed by atoms with Crippen LogP contribution < -0.4 is 9.62 Å². The third kappa shape index (κ3) is 3.50. The number of nitrogens with zero attached hydrogens (tertiary/aromatic N) is 1. The molecule has 0 saturated carbocycles. The van der Waals surface area contributed by atoms with Crippen LogP contribution in [0.3, 0.4) is 0 Å². The van der Waals surface area contributed by atoms with Crippen molar-refractivity contribution in [3.8, 4) is 11.3 Å². The summed E-state index contributed by atoms with van der Waals surface area (Å²) in [6.07, 6.45) is 2.08. The quantitative estimate of drug-likeness (QED) is 0.721. The summed E-state index contributed by atoms with van der Waals surface area (Å²) in [6, 6.07) is 14.0. The van der Waals surface area contributed by atoms with E-state index < -0.39 is 21.7 Å². The predicted octanol–water partition coefficient (Wildman–Crippen LogP) is 3.88. The van der Waals surface area contributed by atoms with Gasteiger partial charge in [-0.3, -0.25) is 9.10 Å². The third-order valence-electron chi connectivity index (χ3n) is 4.54. The van der Waals surface area contributed by atoms with Crippen molar-refractivity contribution >= 4 is 27.3 Å². The first-order chi connectivity index (χ1) is 13.4. The van der Waals surface area contributed by atoms with Gasteiger partial charge in [0.05, 0.1) is 23.4 Å². The van der Waals surface area contributed by atoms with Gasteiger partial charge in [0.15, 0.2) is 0 Å². The molecule has 1 aliphatic heterocycles. The summed E-state index contributed by atoms with van der Waals surface area (Å²) in [5.41, 5.74) is 1.43. The Labute approximate surface area is 161 Å². The number of amides is 1. The molecule has 144 valence electrons. The van der Waals surface area contributed by atoms with E-state index in [1.54, 1.807) is 30.3 Å². The Bertz CT molecular complexity index is 1110. The molecule has 28 heavy (non-hydrogen) atoms. The second-order valence-electron chi connectivity index (χ2n) is 6.41. The van der Waals surface area contributed by atoms with E-state index in [9.17, 15) is 17.6 Å². The molecular formula is C20H17FN2O4S. The molecule has 1 fully saturated rings. The van der Waals surface area contributed by atoms with E-state index >= 15 is 0 Å². The number of hydrogen-bond acceptors (Lipinski definition) is 4. The molecular weight excluding hydrogens is 383 g/mol. The molecule has 1 aromatic heterocycles. The van der Waals surface area contributed by atoms with Gasteiger partial charge in [-0.2, -0.15) is 0 Å². The van der Waals surface area contributed by atoms with Gasteiger partial charge in [0, 0.05) is 17.7 Å². The zero-order valence-electron chi connectivity index (χ0n) is 14.8. The molecule has 2 heterocycles. The second kappa shape index (κ2) is 7.12. The number of carbonyl (C=O) groups is 1. The van der Waals surface area contributed by atoms with Crippen molar-refractivity contribution in [2.45, 2.75) is 6.42 Å². The maximum Gasteiger partial charge on any atom is 0.255 e. The van der Waals surface area contributed by atoms with Crippen molar-refractivity contribution < 1.29 is 22.0 Å². The molecule has 1 N–H and O–H groups in total. The van der Waals surface area contributed by atoms with Crippen LogP contribution >= 0.6 is 0 Å². The zero-order chi connectivity index (χ0) is 19.7. The normalized spacial score (nSPS) is 15.5. The molecule has 1 aliphatic rings. The standard InChI is InChI=1S/C20H17FN2O4S/c21-17-13-15(19-3-1-11-27-19)6-9-18(17)22-20(24)14-4-7-16(8-5-14)23-10-2-12-28(23,25)26/h1,3-9,11,13H,2,10,12H2,(H,22,24). The van der Waals surface area contributed by atoms with Gasteiger partial charge in [0.2, 0.25) is 10.0 Å². The Kier molecular flexibility index (Phi) is 4.64. The fourth-order valence-corrected chi connectivity index (χ4v) is 4.68. The van der Waals surface area contributed by atoms with E-state index in [1.807, 2.05) is 0 Å². The van der Waals surface area contributed by atoms with E-state index in [4.69, 9.17) is 4.42 Å². The van der Waals surface area contributed by atoms with Gasteiger partial charge in [-0.05, 0) is 61.0 Å². The van der Waals surface area contributed by atoms with Gasteiger partial charge in [0.25, 0.3) is 5.91 Å². The van der Waals surface area contributed by atoms with E-state index in [2.05, 4.69) is 5.32 Å². The highest BCUT2D eigenvalue weighted by atomic mass is 32.2. The minimum absolute atomic E-state index is 0.0477. The largest absolute Gasteiger partial charge is 0.464 e. The molecule has 2 aromatic carbocycles. The molecule has 3 aromatic rings. The summed E-state index contributed by atoms with van der Waals surface area (Å²) in [5.74, 6) is -0.408. The van der Waals surface area contributed by atoms with Crippen LogP contribution in [0.5, 0.6) is 0 Å². The lowest BCUT2D eigenvalue weighted by Gasteiger charge is -2.17. The van der Waals surface area contributed by atoms with Crippen molar-refractivity contribution in [2.75, 3.05) is 21.9 Å². The van der Waals surface area contributed by atoms with E-state index in [1.165, 1.54) is 34.8 Å². The lowest BCUT2D eigenvalue weighted by molar-refractivity contribution is 0.102. The van der Waals surface area contributed by atoms with Crippen LogP contribution in [0.4, 0.5) is 15.8 Å². The van der Waals surface area contributed by atoms with Crippen molar-refractivity contribution in [2.24, 2.45) is 0 Å². The average molecular weight is 400 g/mol. The fourth-order valence-electron chi connectivity index (χ4n) is 3.12. The Balaban J connectivity index is 1.49. The number of nitrogens with one attached hydrogen (secondary N) is 1. The maximum atomic E-state index is 14.3. The number of hydrogen-bond donors (Lipinski definition) is 1. The summed E-state index contributed by atoms with van der Waals surface area (Å²) >= 11 is 0. The number of halogens is 1. The minimum Gasteiger partial charge on any atom is -0.464 e. The first-order valence-corrected chi connectivity index (χ1v) is 10.3. The molecule has 1 amide bonds. The monoisotopic (exact) mass is 400 g/mol. The average Bonchev–Trinajstić information content (AvgIpc) is 3.33. The number of sulfonamides is 1. The Morgan fingerprint density at radius 3 is 2.50 bits per heavy atom. The Morgan fingerprint density at radius 1 is 1.11 bits per heavy atom. The molecule has 4 rings (SSSR count). The predicted molar refractivity (Wildman–Crippen MR) is 104 cm³/mol. The number of rotatable bonds is 4. The second-order valence-corrected chi connectivity index (χ2v) is 8.43. The Hall–Kier alpha value is -3.13. The van der Waals surface area contributed by atoms with Gasteiger partial charge in [-0.25, -0.2) is 12.8 Å². The van der Waals surface area contributed by atoms with Crippen LogP contribution in [0.2, 0.25) is 0 Å². The Morgan fingerprint density at radius 2 is 1.89 bits per heavy atom. The summed E-state index contributed by atoms with van der Waals surface area (Å²) in [4.78, 5) is 12.4. The molecule has 0 atom stereocenters. The highest BCUT2D eigenvalue weighted by Gasteiger charge is 2.28. The van der Waals surface area contributed by atoms with Crippen LogP contribution in [0.1, 0.15) is 16.8 Å². The van der Waals surface area contributed by atoms with Crippen molar-refractivity contribution in [1.29, 1.82) is 0 Å². The zero-order valence-corrected chi connectivity index (χ0v) is 15.6. The molecule has 0 unspecified atom stereocenters. The third-order valence-corrected chi connectivity index (χ3v) is 6.41. The van der Waals surface area contributed by atoms with Gasteiger partial charge >= 0.3 is 0 Å². The highest BCUT2D eigenvalue weighted by molar-refractivity contribution is 7.93. The first kappa shape index (κ1) is 18.2. The van der Waals surface area contributed by atoms with Gasteiger partial charge in [-0.1, -0.05) is 0 Å². The molecule has 0 spiro atoms. The summed E-state index contributed by atoms with van der Waals surface area (Å²) in [7, 11) is -3.27. The lowest BCUT2D eigenvalue weighted by atomic mass is 10.1. The summed E-state index contributed by atoms with van der Waals surface area (Å²) in [6.45, 7) is 0.432. The van der Waals surface area contributed by atoms with Crippen molar-refractivity contribution in [3.63, 3.8) is 0 Å². The SMILES string of the molecule is O=C(Nc1ccc(-c2ccco2)cc1F)c1ccc(N2CCCS2(=O)=O)cc1. The van der Waals surface area contributed by atoms with Gasteiger partial charge < -0.3 is 9.73 Å².